The van der Waals surface area contributed by atoms with Crippen LogP contribution in [0, 0.1) is 13.8 Å². The molecule has 208 valence electrons. The molecule has 0 aliphatic heterocycles. The highest BCUT2D eigenvalue weighted by atomic mass is 35.5. The average Bonchev–Trinajstić information content (AvgIpc) is 2.91. The van der Waals surface area contributed by atoms with Crippen LogP contribution in [0.4, 0.5) is 5.69 Å². The molecular formula is C29H34ClN3O5S. The summed E-state index contributed by atoms with van der Waals surface area (Å²) in [6.45, 7) is 6.94. The van der Waals surface area contributed by atoms with Gasteiger partial charge in [0.1, 0.15) is 18.3 Å². The summed E-state index contributed by atoms with van der Waals surface area (Å²) in [5.74, 6) is -0.295. The number of nitrogens with one attached hydrogen (secondary N) is 1. The number of nitrogens with zero attached hydrogens (tertiary/aromatic N) is 2. The van der Waals surface area contributed by atoms with Crippen LogP contribution in [-0.2, 0) is 26.2 Å². The maximum Gasteiger partial charge on any atom is 0.264 e. The number of anilines is 1. The lowest BCUT2D eigenvalue weighted by Gasteiger charge is -2.32. The Morgan fingerprint density at radius 1 is 1.03 bits per heavy atom. The Balaban J connectivity index is 2.08. The molecule has 0 radical (unpaired) electrons. The number of carbonyl (C=O) groups excluding carboxylic acids is 2. The molecule has 0 fully saturated rings. The molecule has 0 saturated heterocycles. The van der Waals surface area contributed by atoms with E-state index in [-0.39, 0.29) is 23.0 Å². The Hall–Kier alpha value is -3.56. The van der Waals surface area contributed by atoms with Crippen LogP contribution < -0.4 is 14.4 Å². The summed E-state index contributed by atoms with van der Waals surface area (Å²) >= 11 is 6.26. The van der Waals surface area contributed by atoms with Crippen LogP contribution >= 0.6 is 11.6 Å². The number of amides is 2. The van der Waals surface area contributed by atoms with Gasteiger partial charge in [-0.15, -0.1) is 0 Å². The topological polar surface area (TPSA) is 96.0 Å². The van der Waals surface area contributed by atoms with E-state index in [0.717, 1.165) is 15.4 Å². The molecule has 8 nitrogen and oxygen atoms in total. The minimum atomic E-state index is -4.17. The summed E-state index contributed by atoms with van der Waals surface area (Å²) in [6, 6.07) is 17.6. The monoisotopic (exact) mass is 571 g/mol. The van der Waals surface area contributed by atoms with Crippen LogP contribution in [0.25, 0.3) is 0 Å². The summed E-state index contributed by atoms with van der Waals surface area (Å²) in [6.07, 6.45) is 0. The summed E-state index contributed by atoms with van der Waals surface area (Å²) in [5.41, 5.74) is 2.53. The van der Waals surface area contributed by atoms with Crippen molar-refractivity contribution < 1.29 is 22.7 Å². The van der Waals surface area contributed by atoms with Crippen LogP contribution in [0.15, 0.2) is 71.6 Å². The van der Waals surface area contributed by atoms with Crippen LogP contribution in [0.5, 0.6) is 5.75 Å². The molecule has 0 saturated carbocycles. The molecule has 3 rings (SSSR count). The van der Waals surface area contributed by atoms with Crippen molar-refractivity contribution in [2.24, 2.45) is 0 Å². The van der Waals surface area contributed by atoms with Gasteiger partial charge in [0.2, 0.25) is 11.8 Å². The van der Waals surface area contributed by atoms with Crippen molar-refractivity contribution in [3.63, 3.8) is 0 Å². The molecule has 0 aromatic heterocycles. The van der Waals surface area contributed by atoms with E-state index >= 15 is 0 Å². The van der Waals surface area contributed by atoms with E-state index in [2.05, 4.69) is 5.32 Å². The van der Waals surface area contributed by atoms with E-state index in [4.69, 9.17) is 16.3 Å². The molecular weight excluding hydrogens is 538 g/mol. The third-order valence-electron chi connectivity index (χ3n) is 6.33. The summed E-state index contributed by atoms with van der Waals surface area (Å²) in [7, 11) is -2.63. The van der Waals surface area contributed by atoms with E-state index in [1.807, 2.05) is 13.0 Å². The van der Waals surface area contributed by atoms with Crippen LogP contribution in [0.3, 0.4) is 0 Å². The van der Waals surface area contributed by atoms with Gasteiger partial charge in [0.25, 0.3) is 10.0 Å². The lowest BCUT2D eigenvalue weighted by Crippen LogP contribution is -2.51. The lowest BCUT2D eigenvalue weighted by molar-refractivity contribution is -0.139. The normalized spacial score (nSPS) is 11.9. The second-order valence-electron chi connectivity index (χ2n) is 9.20. The van der Waals surface area contributed by atoms with Crippen molar-refractivity contribution >= 4 is 39.1 Å². The number of methoxy groups -OCH3 is 1. The number of likely N-dealkylation sites (N-methyl/N-ethyl adjacent to an activating group) is 1. The molecule has 1 unspecified atom stereocenters. The molecule has 1 N–H and O–H groups in total. The van der Waals surface area contributed by atoms with E-state index in [0.29, 0.717) is 22.9 Å². The zero-order valence-corrected chi connectivity index (χ0v) is 24.3. The molecule has 39 heavy (non-hydrogen) atoms. The maximum atomic E-state index is 13.9. The molecule has 0 aliphatic rings. The van der Waals surface area contributed by atoms with Crippen molar-refractivity contribution in [2.45, 2.75) is 45.2 Å². The standard InChI is InChI=1S/C29H34ClN3O5S/c1-6-31-29(35)22(4)32(18-23-8-7-9-25(16-23)38-5)28(34)19-33(27-17-24(30)13-12-21(27)3)39(36,37)26-14-10-20(2)11-15-26/h7-17,22H,6,18-19H2,1-5H3,(H,31,35). The Morgan fingerprint density at radius 3 is 2.36 bits per heavy atom. The first-order valence-corrected chi connectivity index (χ1v) is 14.4. The number of hydrogen-bond donors (Lipinski definition) is 1. The molecule has 0 heterocycles. The second-order valence-corrected chi connectivity index (χ2v) is 11.5. The third-order valence-corrected chi connectivity index (χ3v) is 8.34. The number of rotatable bonds is 11. The van der Waals surface area contributed by atoms with Gasteiger partial charge in [-0.1, -0.05) is 47.5 Å². The molecule has 0 spiro atoms. The number of sulfonamides is 1. The van der Waals surface area contributed by atoms with Gasteiger partial charge in [0.05, 0.1) is 17.7 Å². The van der Waals surface area contributed by atoms with E-state index in [1.54, 1.807) is 70.3 Å². The molecule has 10 heteroatoms. The molecule has 2 amide bonds. The predicted octanol–water partition coefficient (Wildman–Crippen LogP) is 4.71. The highest BCUT2D eigenvalue weighted by Crippen LogP contribution is 2.30. The lowest BCUT2D eigenvalue weighted by atomic mass is 10.1. The number of benzene rings is 3. The minimum Gasteiger partial charge on any atom is -0.497 e. The second kappa shape index (κ2) is 13.0. The Morgan fingerprint density at radius 2 is 1.72 bits per heavy atom. The fourth-order valence-electron chi connectivity index (χ4n) is 4.07. The molecule has 3 aromatic carbocycles. The predicted molar refractivity (Wildman–Crippen MR) is 154 cm³/mol. The SMILES string of the molecule is CCNC(=O)C(C)N(Cc1cccc(OC)c1)C(=O)CN(c1cc(Cl)ccc1C)S(=O)(=O)c1ccc(C)cc1. The van der Waals surface area contributed by atoms with Crippen molar-refractivity contribution in [1.29, 1.82) is 0 Å². The average molecular weight is 572 g/mol. The third kappa shape index (κ3) is 7.30. The van der Waals surface area contributed by atoms with Gasteiger partial charge in [0, 0.05) is 18.1 Å². The van der Waals surface area contributed by atoms with Gasteiger partial charge in [-0.25, -0.2) is 8.42 Å². The number of aryl methyl sites for hydroxylation is 2. The Labute approximate surface area is 235 Å². The molecule has 3 aromatic rings. The quantitative estimate of drug-likeness (QED) is 0.359. The van der Waals surface area contributed by atoms with Crippen LogP contribution in [0.1, 0.15) is 30.5 Å². The van der Waals surface area contributed by atoms with Crippen molar-refractivity contribution in [2.75, 3.05) is 24.5 Å². The molecule has 1 atom stereocenters. The van der Waals surface area contributed by atoms with Gasteiger partial charge < -0.3 is 15.0 Å². The van der Waals surface area contributed by atoms with Crippen LogP contribution in [-0.4, -0.2) is 51.4 Å². The van der Waals surface area contributed by atoms with Gasteiger partial charge in [-0.3, -0.25) is 13.9 Å². The van der Waals surface area contributed by atoms with E-state index in [1.165, 1.54) is 23.1 Å². The zero-order valence-electron chi connectivity index (χ0n) is 22.8. The number of ether oxygens (including phenoxy) is 1. The summed E-state index contributed by atoms with van der Waals surface area (Å²) < 4.78 is 34.2. The number of halogens is 1. The fraction of sp³-hybridized carbons (Fsp3) is 0.310. The molecule has 0 bridgehead atoms. The highest BCUT2D eigenvalue weighted by molar-refractivity contribution is 7.92. The summed E-state index contributed by atoms with van der Waals surface area (Å²) in [4.78, 5) is 28.2. The summed E-state index contributed by atoms with van der Waals surface area (Å²) in [5, 5.41) is 3.07. The largest absolute Gasteiger partial charge is 0.497 e. The molecule has 0 aliphatic carbocycles. The fourth-order valence-corrected chi connectivity index (χ4v) is 5.71. The smallest absolute Gasteiger partial charge is 0.264 e. The Kier molecular flexibility index (Phi) is 9.99. The zero-order chi connectivity index (χ0) is 28.7. The van der Waals surface area contributed by atoms with E-state index in [9.17, 15) is 18.0 Å². The first-order valence-electron chi connectivity index (χ1n) is 12.5. The van der Waals surface area contributed by atoms with Crippen molar-refractivity contribution in [1.82, 2.24) is 10.2 Å². The Bertz CT molecular complexity index is 1430. The number of carbonyl (C=O) groups is 2. The first kappa shape index (κ1) is 30.0. The maximum absolute atomic E-state index is 13.9. The van der Waals surface area contributed by atoms with E-state index < -0.39 is 28.5 Å². The van der Waals surface area contributed by atoms with Gasteiger partial charge in [-0.05, 0) is 75.2 Å². The minimum absolute atomic E-state index is 0.0383. The van der Waals surface area contributed by atoms with Gasteiger partial charge in [-0.2, -0.15) is 0 Å². The van der Waals surface area contributed by atoms with Gasteiger partial charge in [0.15, 0.2) is 0 Å². The van der Waals surface area contributed by atoms with Crippen LogP contribution in [0.2, 0.25) is 5.02 Å². The van der Waals surface area contributed by atoms with Gasteiger partial charge >= 0.3 is 0 Å². The van der Waals surface area contributed by atoms with Crippen molar-refractivity contribution in [3.05, 3.63) is 88.4 Å². The first-order chi connectivity index (χ1) is 18.5. The van der Waals surface area contributed by atoms with Crippen molar-refractivity contribution in [3.8, 4) is 5.75 Å². The number of hydrogen-bond acceptors (Lipinski definition) is 5. The highest BCUT2D eigenvalue weighted by Gasteiger charge is 2.33.